The van der Waals surface area contributed by atoms with Crippen LogP contribution in [0, 0.1) is 0 Å². The van der Waals surface area contributed by atoms with Crippen molar-refractivity contribution >= 4 is 22.9 Å². The average molecular weight is 448 g/mol. The molecule has 0 saturated carbocycles. The van der Waals surface area contributed by atoms with E-state index in [9.17, 15) is 9.90 Å². The lowest BCUT2D eigenvalue weighted by atomic mass is 10.0. The number of anilines is 1. The Labute approximate surface area is 192 Å². The number of pyridine rings is 2. The summed E-state index contributed by atoms with van der Waals surface area (Å²) in [6.07, 6.45) is 7.42. The lowest BCUT2D eigenvalue weighted by Crippen LogP contribution is -2.29. The topological polar surface area (TPSA) is 94.7 Å². The number of furan rings is 1. The molecule has 1 unspecified atom stereocenters. The number of carbonyl (C=O) groups is 1. The van der Waals surface area contributed by atoms with Crippen LogP contribution in [0.4, 0.5) is 5.82 Å². The minimum atomic E-state index is -0.842. The van der Waals surface area contributed by atoms with Crippen LogP contribution in [0.25, 0.3) is 11.1 Å². The SMILES string of the molecule is C=C1N(CCCc2ccc3c(n2)NCCC3)CCN1C(CC(=O)O)c1cnc2occc2c1. The Morgan fingerprint density at radius 1 is 1.30 bits per heavy atom. The van der Waals surface area contributed by atoms with Crippen molar-refractivity contribution in [3.05, 3.63) is 65.9 Å². The number of aromatic nitrogens is 2. The zero-order valence-electron chi connectivity index (χ0n) is 18.7. The van der Waals surface area contributed by atoms with E-state index in [2.05, 4.69) is 38.8 Å². The first kappa shape index (κ1) is 21.3. The van der Waals surface area contributed by atoms with E-state index in [-0.39, 0.29) is 12.5 Å². The second kappa shape index (κ2) is 9.13. The van der Waals surface area contributed by atoms with Gasteiger partial charge in [-0.1, -0.05) is 12.6 Å². The fourth-order valence-corrected chi connectivity index (χ4v) is 4.84. The molecule has 0 aromatic carbocycles. The van der Waals surface area contributed by atoms with Crippen molar-refractivity contribution in [1.29, 1.82) is 0 Å². The van der Waals surface area contributed by atoms with Crippen LogP contribution in [-0.4, -0.2) is 57.0 Å². The summed E-state index contributed by atoms with van der Waals surface area (Å²) in [5.74, 6) is 1.06. The van der Waals surface area contributed by atoms with Gasteiger partial charge in [-0.2, -0.15) is 0 Å². The largest absolute Gasteiger partial charge is 0.481 e. The van der Waals surface area contributed by atoms with Crippen molar-refractivity contribution in [1.82, 2.24) is 19.8 Å². The highest BCUT2D eigenvalue weighted by atomic mass is 16.4. The molecule has 3 aromatic rings. The molecule has 2 N–H and O–H groups in total. The second-order valence-electron chi connectivity index (χ2n) is 8.74. The molecule has 0 aliphatic carbocycles. The third-order valence-electron chi connectivity index (χ3n) is 6.58. The summed E-state index contributed by atoms with van der Waals surface area (Å²) < 4.78 is 5.33. The highest BCUT2D eigenvalue weighted by Crippen LogP contribution is 2.33. The second-order valence-corrected chi connectivity index (χ2v) is 8.74. The fraction of sp³-hybridized carbons (Fsp3) is 0.400. The number of fused-ring (bicyclic) bond motifs is 2. The smallest absolute Gasteiger partial charge is 0.305 e. The van der Waals surface area contributed by atoms with Crippen LogP contribution in [0.5, 0.6) is 0 Å². The van der Waals surface area contributed by atoms with E-state index < -0.39 is 5.97 Å². The summed E-state index contributed by atoms with van der Waals surface area (Å²) in [7, 11) is 0. The number of nitrogens with one attached hydrogen (secondary N) is 1. The summed E-state index contributed by atoms with van der Waals surface area (Å²) >= 11 is 0. The van der Waals surface area contributed by atoms with Crippen molar-refractivity contribution < 1.29 is 14.3 Å². The van der Waals surface area contributed by atoms with Gasteiger partial charge in [0.05, 0.1) is 24.5 Å². The zero-order valence-corrected chi connectivity index (χ0v) is 18.7. The van der Waals surface area contributed by atoms with Gasteiger partial charge in [-0.05, 0) is 55.0 Å². The van der Waals surface area contributed by atoms with Crippen LogP contribution in [0.2, 0.25) is 0 Å². The number of aliphatic carboxylic acids is 1. The van der Waals surface area contributed by atoms with Crippen LogP contribution in [0.15, 0.2) is 53.5 Å². The maximum Gasteiger partial charge on any atom is 0.305 e. The number of aryl methyl sites for hydroxylation is 2. The van der Waals surface area contributed by atoms with Gasteiger partial charge in [0.1, 0.15) is 5.82 Å². The molecule has 2 aliphatic rings. The number of carboxylic acid groups (broad SMARTS) is 1. The molecule has 8 heteroatoms. The Hall–Kier alpha value is -3.55. The normalized spacial score (nSPS) is 16.7. The minimum Gasteiger partial charge on any atom is -0.481 e. The Kier molecular flexibility index (Phi) is 5.90. The highest BCUT2D eigenvalue weighted by molar-refractivity contribution is 5.74. The Balaban J connectivity index is 1.23. The van der Waals surface area contributed by atoms with E-state index in [0.29, 0.717) is 5.71 Å². The molecule has 0 spiro atoms. The molecule has 172 valence electrons. The highest BCUT2D eigenvalue weighted by Gasteiger charge is 2.31. The molecular weight excluding hydrogens is 418 g/mol. The van der Waals surface area contributed by atoms with E-state index in [0.717, 1.165) is 80.1 Å². The van der Waals surface area contributed by atoms with Crippen molar-refractivity contribution in [3.8, 4) is 0 Å². The van der Waals surface area contributed by atoms with Gasteiger partial charge in [-0.3, -0.25) is 4.79 Å². The number of hydrogen-bond donors (Lipinski definition) is 2. The van der Waals surface area contributed by atoms with Gasteiger partial charge in [-0.25, -0.2) is 9.97 Å². The summed E-state index contributed by atoms with van der Waals surface area (Å²) in [6, 6.07) is 7.82. The molecule has 1 atom stereocenters. The van der Waals surface area contributed by atoms with Gasteiger partial charge >= 0.3 is 5.97 Å². The van der Waals surface area contributed by atoms with Crippen LogP contribution >= 0.6 is 0 Å². The van der Waals surface area contributed by atoms with Crippen LogP contribution in [0.1, 0.15) is 42.1 Å². The molecule has 5 heterocycles. The molecule has 0 bridgehead atoms. The summed E-state index contributed by atoms with van der Waals surface area (Å²) in [4.78, 5) is 25.1. The standard InChI is InChI=1S/C25H29N5O3/c1-17-29(10-3-5-21-7-6-18-4-2-9-26-24(18)28-21)11-12-30(17)22(15-23(31)32)20-14-19-8-13-33-25(19)27-16-20/h6-8,13-14,16,22H,1-5,9-12,15H2,(H,26,28)(H,31,32). The predicted octanol–water partition coefficient (Wildman–Crippen LogP) is 3.82. The summed E-state index contributed by atoms with van der Waals surface area (Å²) in [6.45, 7) is 7.72. The van der Waals surface area contributed by atoms with E-state index in [1.807, 2.05) is 12.1 Å². The molecular formula is C25H29N5O3. The molecule has 2 aliphatic heterocycles. The number of carboxylic acids is 1. The van der Waals surface area contributed by atoms with Gasteiger partial charge in [-0.15, -0.1) is 0 Å². The van der Waals surface area contributed by atoms with E-state index in [4.69, 9.17) is 9.40 Å². The maximum atomic E-state index is 11.7. The minimum absolute atomic E-state index is 0.00998. The molecule has 3 aromatic heterocycles. The molecule has 0 radical (unpaired) electrons. The number of rotatable bonds is 8. The molecule has 5 rings (SSSR count). The van der Waals surface area contributed by atoms with Crippen molar-refractivity contribution in [3.63, 3.8) is 0 Å². The van der Waals surface area contributed by atoms with Gasteiger partial charge in [0.2, 0.25) is 5.71 Å². The first-order chi connectivity index (χ1) is 16.1. The molecule has 1 saturated heterocycles. The first-order valence-electron chi connectivity index (χ1n) is 11.6. The van der Waals surface area contributed by atoms with E-state index >= 15 is 0 Å². The first-order valence-corrected chi connectivity index (χ1v) is 11.6. The number of nitrogens with zero attached hydrogens (tertiary/aromatic N) is 4. The van der Waals surface area contributed by atoms with Gasteiger partial charge in [0, 0.05) is 43.5 Å². The van der Waals surface area contributed by atoms with Crippen LogP contribution in [-0.2, 0) is 17.6 Å². The third-order valence-corrected chi connectivity index (χ3v) is 6.58. The number of hydrogen-bond acceptors (Lipinski definition) is 7. The lowest BCUT2D eigenvalue weighted by Gasteiger charge is -2.31. The fourth-order valence-electron chi connectivity index (χ4n) is 4.84. The monoisotopic (exact) mass is 447 g/mol. The average Bonchev–Trinajstić information content (AvgIpc) is 3.43. The Bertz CT molecular complexity index is 1170. The molecule has 33 heavy (non-hydrogen) atoms. The van der Waals surface area contributed by atoms with Gasteiger partial charge < -0.3 is 24.6 Å². The van der Waals surface area contributed by atoms with Crippen molar-refractivity contribution in [2.24, 2.45) is 0 Å². The molecule has 1 fully saturated rings. The molecule has 8 nitrogen and oxygen atoms in total. The Morgan fingerprint density at radius 2 is 2.21 bits per heavy atom. The van der Waals surface area contributed by atoms with Crippen LogP contribution in [0.3, 0.4) is 0 Å². The third kappa shape index (κ3) is 4.51. The predicted molar refractivity (Wildman–Crippen MR) is 126 cm³/mol. The van der Waals surface area contributed by atoms with Crippen molar-refractivity contribution in [2.75, 3.05) is 31.5 Å². The molecule has 0 amide bonds. The van der Waals surface area contributed by atoms with E-state index in [1.54, 1.807) is 12.5 Å². The zero-order chi connectivity index (χ0) is 22.8. The van der Waals surface area contributed by atoms with E-state index in [1.165, 1.54) is 5.56 Å². The Morgan fingerprint density at radius 3 is 3.09 bits per heavy atom. The quantitative estimate of drug-likeness (QED) is 0.538. The summed E-state index contributed by atoms with van der Waals surface area (Å²) in [5, 5.41) is 13.8. The van der Waals surface area contributed by atoms with Gasteiger partial charge in [0.15, 0.2) is 0 Å². The lowest BCUT2D eigenvalue weighted by molar-refractivity contribution is -0.138. The van der Waals surface area contributed by atoms with Gasteiger partial charge in [0.25, 0.3) is 0 Å². The van der Waals surface area contributed by atoms with Crippen LogP contribution < -0.4 is 5.32 Å². The summed E-state index contributed by atoms with van der Waals surface area (Å²) in [5.41, 5.74) is 3.83. The maximum absolute atomic E-state index is 11.7. The van der Waals surface area contributed by atoms with Crippen molar-refractivity contribution in [2.45, 2.75) is 38.1 Å².